The lowest BCUT2D eigenvalue weighted by Gasteiger charge is -2.15. The molecule has 1 atom stereocenters. The van der Waals surface area contributed by atoms with Crippen molar-refractivity contribution in [1.82, 2.24) is 9.97 Å². The number of aromatic nitrogens is 2. The van der Waals surface area contributed by atoms with Crippen molar-refractivity contribution in [3.8, 4) is 5.75 Å². The minimum absolute atomic E-state index is 0.121. The Morgan fingerprint density at radius 3 is 2.78 bits per heavy atom. The van der Waals surface area contributed by atoms with Crippen molar-refractivity contribution >= 4 is 5.82 Å². The van der Waals surface area contributed by atoms with Gasteiger partial charge in [-0.15, -0.1) is 13.2 Å². The van der Waals surface area contributed by atoms with Gasteiger partial charge in [-0.2, -0.15) is 0 Å². The molecule has 1 aromatic carbocycles. The maximum absolute atomic E-state index is 12.6. The standard InChI is InChI=1S/C18H20F3N3O3/c1-25-11-17-23-14(13-6-7-26-10-13)8-16(24-17)22-9-12-4-2-3-5-15(12)27-18(19,20)21/h2-5,8,13H,6-7,9-11H2,1H3,(H,22,23,24). The van der Waals surface area contributed by atoms with Gasteiger partial charge in [0.15, 0.2) is 5.82 Å². The summed E-state index contributed by atoms with van der Waals surface area (Å²) in [6, 6.07) is 7.78. The molecule has 0 spiro atoms. The van der Waals surface area contributed by atoms with Crippen LogP contribution in [0.1, 0.15) is 29.4 Å². The van der Waals surface area contributed by atoms with Gasteiger partial charge in [0.2, 0.25) is 0 Å². The average molecular weight is 383 g/mol. The summed E-state index contributed by atoms with van der Waals surface area (Å²) in [5, 5.41) is 3.05. The summed E-state index contributed by atoms with van der Waals surface area (Å²) in [7, 11) is 1.55. The number of alkyl halides is 3. The highest BCUT2D eigenvalue weighted by Gasteiger charge is 2.32. The molecule has 0 bridgehead atoms. The molecule has 0 aliphatic carbocycles. The molecule has 1 unspecified atom stereocenters. The first-order chi connectivity index (χ1) is 12.9. The molecule has 9 heteroatoms. The average Bonchev–Trinajstić information content (AvgIpc) is 3.14. The number of benzene rings is 1. The molecule has 146 valence electrons. The van der Waals surface area contributed by atoms with E-state index in [0.29, 0.717) is 30.4 Å². The van der Waals surface area contributed by atoms with E-state index in [-0.39, 0.29) is 24.8 Å². The zero-order valence-electron chi connectivity index (χ0n) is 14.8. The first-order valence-electron chi connectivity index (χ1n) is 8.46. The lowest BCUT2D eigenvalue weighted by atomic mass is 10.0. The zero-order valence-corrected chi connectivity index (χ0v) is 14.8. The van der Waals surface area contributed by atoms with Gasteiger partial charge in [0.1, 0.15) is 18.2 Å². The van der Waals surface area contributed by atoms with Crippen molar-refractivity contribution in [2.45, 2.75) is 31.9 Å². The molecule has 0 radical (unpaired) electrons. The van der Waals surface area contributed by atoms with E-state index in [9.17, 15) is 13.2 Å². The van der Waals surface area contributed by atoms with Gasteiger partial charge in [-0.25, -0.2) is 9.97 Å². The zero-order chi connectivity index (χ0) is 19.3. The third-order valence-electron chi connectivity index (χ3n) is 4.07. The summed E-state index contributed by atoms with van der Waals surface area (Å²) in [4.78, 5) is 8.86. The smallest absolute Gasteiger partial charge is 0.405 e. The van der Waals surface area contributed by atoms with Crippen molar-refractivity contribution in [2.75, 3.05) is 25.6 Å². The largest absolute Gasteiger partial charge is 0.573 e. The fraction of sp³-hybridized carbons (Fsp3) is 0.444. The molecule has 27 heavy (non-hydrogen) atoms. The summed E-state index contributed by atoms with van der Waals surface area (Å²) < 4.78 is 52.3. The quantitative estimate of drug-likeness (QED) is 0.788. The predicted molar refractivity (Wildman–Crippen MR) is 91.4 cm³/mol. The fourth-order valence-electron chi connectivity index (χ4n) is 2.84. The number of hydrogen-bond donors (Lipinski definition) is 1. The van der Waals surface area contributed by atoms with Gasteiger partial charge in [-0.3, -0.25) is 0 Å². The first-order valence-corrected chi connectivity index (χ1v) is 8.46. The Kier molecular flexibility index (Phi) is 6.12. The van der Waals surface area contributed by atoms with Crippen LogP contribution in [0.15, 0.2) is 30.3 Å². The van der Waals surface area contributed by atoms with Crippen LogP contribution in [0, 0.1) is 0 Å². The van der Waals surface area contributed by atoms with Crippen LogP contribution in [0.25, 0.3) is 0 Å². The Morgan fingerprint density at radius 2 is 2.07 bits per heavy atom. The molecule has 1 aliphatic rings. The SMILES string of the molecule is COCc1nc(NCc2ccccc2OC(F)(F)F)cc(C2CCOC2)n1. The second kappa shape index (κ2) is 8.53. The highest BCUT2D eigenvalue weighted by Crippen LogP contribution is 2.28. The summed E-state index contributed by atoms with van der Waals surface area (Å²) in [6.07, 6.45) is -3.88. The molecule has 1 N–H and O–H groups in total. The first kappa shape index (κ1) is 19.4. The number of halogens is 3. The Morgan fingerprint density at radius 1 is 1.26 bits per heavy atom. The predicted octanol–water partition coefficient (Wildman–Crippen LogP) is 3.64. The van der Waals surface area contributed by atoms with Gasteiger partial charge in [-0.1, -0.05) is 18.2 Å². The molecule has 0 saturated carbocycles. The van der Waals surface area contributed by atoms with Crippen LogP contribution in [0.3, 0.4) is 0 Å². The lowest BCUT2D eigenvalue weighted by Crippen LogP contribution is -2.18. The van der Waals surface area contributed by atoms with Gasteiger partial charge in [0.25, 0.3) is 0 Å². The third-order valence-corrected chi connectivity index (χ3v) is 4.07. The molecule has 2 heterocycles. The van der Waals surface area contributed by atoms with Gasteiger partial charge in [0.05, 0.1) is 12.3 Å². The number of nitrogens with one attached hydrogen (secondary N) is 1. The minimum atomic E-state index is -4.74. The highest BCUT2D eigenvalue weighted by atomic mass is 19.4. The van der Waals surface area contributed by atoms with Crippen molar-refractivity contribution in [3.05, 3.63) is 47.4 Å². The van der Waals surface area contributed by atoms with E-state index in [1.165, 1.54) is 12.1 Å². The third kappa shape index (κ3) is 5.54. The molecule has 1 aromatic heterocycles. The van der Waals surface area contributed by atoms with E-state index < -0.39 is 6.36 Å². The molecular formula is C18H20F3N3O3. The van der Waals surface area contributed by atoms with Crippen LogP contribution in [-0.2, 0) is 22.6 Å². The molecule has 1 fully saturated rings. The van der Waals surface area contributed by atoms with E-state index in [4.69, 9.17) is 9.47 Å². The second-order valence-electron chi connectivity index (χ2n) is 6.10. The van der Waals surface area contributed by atoms with Crippen molar-refractivity contribution in [2.24, 2.45) is 0 Å². The Labute approximate surface area is 154 Å². The summed E-state index contributed by atoms with van der Waals surface area (Å²) >= 11 is 0. The Bertz CT molecular complexity index is 765. The normalized spacial score (nSPS) is 17.1. The number of methoxy groups -OCH3 is 1. The molecule has 1 aliphatic heterocycles. The highest BCUT2D eigenvalue weighted by molar-refractivity contribution is 5.41. The molecular weight excluding hydrogens is 363 g/mol. The van der Waals surface area contributed by atoms with Crippen LogP contribution >= 0.6 is 0 Å². The Balaban J connectivity index is 1.77. The maximum atomic E-state index is 12.6. The van der Waals surface area contributed by atoms with Crippen LogP contribution in [0.2, 0.25) is 0 Å². The van der Waals surface area contributed by atoms with E-state index in [2.05, 4.69) is 20.0 Å². The topological polar surface area (TPSA) is 65.5 Å². The molecule has 1 saturated heterocycles. The van der Waals surface area contributed by atoms with E-state index in [1.54, 1.807) is 25.3 Å². The number of nitrogens with zero attached hydrogens (tertiary/aromatic N) is 2. The monoisotopic (exact) mass is 383 g/mol. The van der Waals surface area contributed by atoms with Gasteiger partial charge in [0, 0.05) is 37.8 Å². The number of hydrogen-bond acceptors (Lipinski definition) is 6. The lowest BCUT2D eigenvalue weighted by molar-refractivity contribution is -0.274. The van der Waals surface area contributed by atoms with Crippen molar-refractivity contribution in [1.29, 1.82) is 0 Å². The van der Waals surface area contributed by atoms with Gasteiger partial charge < -0.3 is 19.5 Å². The molecule has 6 nitrogen and oxygen atoms in total. The second-order valence-corrected chi connectivity index (χ2v) is 6.10. The summed E-state index contributed by atoms with van der Waals surface area (Å²) in [5.74, 6) is 0.947. The molecule has 0 amide bonds. The van der Waals surface area contributed by atoms with Crippen LogP contribution in [0.5, 0.6) is 5.75 Å². The van der Waals surface area contributed by atoms with Crippen LogP contribution < -0.4 is 10.1 Å². The van der Waals surface area contributed by atoms with E-state index in [1.807, 2.05) is 0 Å². The fourth-order valence-corrected chi connectivity index (χ4v) is 2.84. The van der Waals surface area contributed by atoms with E-state index >= 15 is 0 Å². The Hall–Kier alpha value is -2.39. The van der Waals surface area contributed by atoms with Crippen LogP contribution in [-0.4, -0.2) is 36.7 Å². The van der Waals surface area contributed by atoms with E-state index in [0.717, 1.165) is 12.1 Å². The number of ether oxygens (including phenoxy) is 3. The minimum Gasteiger partial charge on any atom is -0.405 e. The maximum Gasteiger partial charge on any atom is 0.573 e. The number of para-hydroxylation sites is 1. The van der Waals surface area contributed by atoms with Crippen molar-refractivity contribution < 1.29 is 27.4 Å². The van der Waals surface area contributed by atoms with Crippen LogP contribution in [0.4, 0.5) is 19.0 Å². The van der Waals surface area contributed by atoms with Crippen molar-refractivity contribution in [3.63, 3.8) is 0 Å². The summed E-state index contributed by atoms with van der Waals surface area (Å²) in [6.45, 7) is 1.63. The molecule has 2 aromatic rings. The van der Waals surface area contributed by atoms with Gasteiger partial charge in [-0.05, 0) is 12.5 Å². The number of rotatable bonds is 7. The summed E-state index contributed by atoms with van der Waals surface area (Å²) in [5.41, 5.74) is 1.20. The number of anilines is 1. The molecule has 3 rings (SSSR count). The van der Waals surface area contributed by atoms with Gasteiger partial charge >= 0.3 is 6.36 Å².